The van der Waals surface area contributed by atoms with Crippen molar-refractivity contribution < 1.29 is 14.2 Å². The second kappa shape index (κ2) is 14.9. The number of ether oxygens (including phenoxy) is 3. The van der Waals surface area contributed by atoms with Gasteiger partial charge in [-0.15, -0.1) is 24.0 Å². The Hall–Kier alpha value is -1.22. The van der Waals surface area contributed by atoms with Gasteiger partial charge in [0.15, 0.2) is 17.5 Å². The molecule has 0 heterocycles. The van der Waals surface area contributed by atoms with Crippen molar-refractivity contribution in [1.29, 1.82) is 0 Å². The number of hydrogen-bond donors (Lipinski definition) is 2. The van der Waals surface area contributed by atoms with Gasteiger partial charge in [-0.2, -0.15) is 0 Å². The number of aliphatic imine (C=N–C) groups is 1. The molecule has 1 atom stereocenters. The van der Waals surface area contributed by atoms with E-state index in [4.69, 9.17) is 14.2 Å². The van der Waals surface area contributed by atoms with E-state index in [1.54, 1.807) is 7.11 Å². The summed E-state index contributed by atoms with van der Waals surface area (Å²) in [6, 6.07) is 6.28. The average Bonchev–Trinajstić information content (AvgIpc) is 2.58. The number of guanidine groups is 1. The van der Waals surface area contributed by atoms with E-state index < -0.39 is 0 Å². The Kier molecular flexibility index (Phi) is 14.2. The summed E-state index contributed by atoms with van der Waals surface area (Å²) in [7, 11) is 1.70. The lowest BCUT2D eigenvalue weighted by Gasteiger charge is -2.17. The highest BCUT2D eigenvalue weighted by molar-refractivity contribution is 14.0. The van der Waals surface area contributed by atoms with Gasteiger partial charge in [-0.1, -0.05) is 6.07 Å². The van der Waals surface area contributed by atoms with Gasteiger partial charge in [0.25, 0.3) is 0 Å². The Morgan fingerprint density at radius 2 is 1.81 bits per heavy atom. The summed E-state index contributed by atoms with van der Waals surface area (Å²) < 4.78 is 16.4. The molecule has 0 aliphatic rings. The summed E-state index contributed by atoms with van der Waals surface area (Å²) in [5.74, 6) is 2.40. The van der Waals surface area contributed by atoms with Crippen LogP contribution in [0.1, 0.15) is 33.3 Å². The number of benzene rings is 1. The first-order chi connectivity index (χ1) is 12.1. The molecular formula is C19H34IN3O3. The molecule has 1 aromatic carbocycles. The molecule has 0 aliphatic heterocycles. The van der Waals surface area contributed by atoms with E-state index in [-0.39, 0.29) is 30.0 Å². The molecule has 2 N–H and O–H groups in total. The molecular weight excluding hydrogens is 445 g/mol. The van der Waals surface area contributed by atoms with Gasteiger partial charge in [0.2, 0.25) is 0 Å². The molecule has 7 heteroatoms. The Balaban J connectivity index is 0.00000625. The molecule has 0 spiro atoms. The highest BCUT2D eigenvalue weighted by Gasteiger charge is 2.07. The van der Waals surface area contributed by atoms with Gasteiger partial charge in [-0.25, -0.2) is 0 Å². The molecule has 1 unspecified atom stereocenters. The van der Waals surface area contributed by atoms with Gasteiger partial charge < -0.3 is 24.8 Å². The zero-order valence-corrected chi connectivity index (χ0v) is 19.0. The van der Waals surface area contributed by atoms with Gasteiger partial charge in [-0.05, 0) is 51.8 Å². The van der Waals surface area contributed by atoms with Crippen LogP contribution < -0.4 is 20.1 Å². The van der Waals surface area contributed by atoms with Crippen LogP contribution in [-0.2, 0) is 11.2 Å². The Morgan fingerprint density at radius 1 is 1.12 bits per heavy atom. The van der Waals surface area contributed by atoms with Crippen molar-refractivity contribution in [3.05, 3.63) is 23.8 Å². The molecule has 150 valence electrons. The highest BCUT2D eigenvalue weighted by Crippen LogP contribution is 2.28. The average molecular weight is 479 g/mol. The molecule has 26 heavy (non-hydrogen) atoms. The molecule has 0 aromatic heterocycles. The SMILES string of the molecule is CCNC(=NCCc1ccc(OCC)c(OCC)c1)NC(C)COC.I. The summed E-state index contributed by atoms with van der Waals surface area (Å²) in [6.07, 6.45) is 0.835. The number of nitrogens with zero attached hydrogens (tertiary/aromatic N) is 1. The van der Waals surface area contributed by atoms with Crippen LogP contribution in [0.25, 0.3) is 0 Å². The fourth-order valence-electron chi connectivity index (χ4n) is 2.39. The van der Waals surface area contributed by atoms with E-state index in [1.165, 1.54) is 5.56 Å². The van der Waals surface area contributed by atoms with Crippen molar-refractivity contribution in [1.82, 2.24) is 10.6 Å². The maximum Gasteiger partial charge on any atom is 0.191 e. The van der Waals surface area contributed by atoms with Crippen LogP contribution in [0.2, 0.25) is 0 Å². The number of nitrogens with one attached hydrogen (secondary N) is 2. The van der Waals surface area contributed by atoms with Crippen LogP contribution in [0.4, 0.5) is 0 Å². The van der Waals surface area contributed by atoms with Gasteiger partial charge in [-0.3, -0.25) is 4.99 Å². The normalized spacial score (nSPS) is 12.1. The fraction of sp³-hybridized carbons (Fsp3) is 0.632. The summed E-state index contributed by atoms with van der Waals surface area (Å²) in [5.41, 5.74) is 1.18. The maximum absolute atomic E-state index is 5.68. The van der Waals surface area contributed by atoms with Gasteiger partial charge >= 0.3 is 0 Å². The second-order valence-electron chi connectivity index (χ2n) is 5.66. The van der Waals surface area contributed by atoms with E-state index in [9.17, 15) is 0 Å². The number of hydrogen-bond acceptors (Lipinski definition) is 4. The Morgan fingerprint density at radius 3 is 2.42 bits per heavy atom. The summed E-state index contributed by atoms with van der Waals surface area (Å²) in [5, 5.41) is 6.59. The smallest absolute Gasteiger partial charge is 0.191 e. The van der Waals surface area contributed by atoms with E-state index in [0.29, 0.717) is 26.4 Å². The first kappa shape index (κ1) is 24.8. The van der Waals surface area contributed by atoms with Crippen LogP contribution in [0.5, 0.6) is 11.5 Å². The van der Waals surface area contributed by atoms with Crippen LogP contribution in [0, 0.1) is 0 Å². The predicted octanol–water partition coefficient (Wildman–Crippen LogP) is 3.23. The van der Waals surface area contributed by atoms with Crippen molar-refractivity contribution in [2.45, 2.75) is 40.2 Å². The van der Waals surface area contributed by atoms with E-state index in [0.717, 1.165) is 30.4 Å². The molecule has 0 aliphatic carbocycles. The molecule has 0 radical (unpaired) electrons. The highest BCUT2D eigenvalue weighted by atomic mass is 127. The topological polar surface area (TPSA) is 64.1 Å². The predicted molar refractivity (Wildman–Crippen MR) is 118 cm³/mol. The standard InChI is InChI=1S/C19H33N3O3.HI/c1-6-20-19(22-15(4)14-23-5)21-12-11-16-9-10-17(24-7-2)18(13-16)25-8-3;/h9-10,13,15H,6-8,11-12,14H2,1-5H3,(H2,20,21,22);1H. The van der Waals surface area contributed by atoms with Gasteiger partial charge in [0.1, 0.15) is 0 Å². The summed E-state index contributed by atoms with van der Waals surface area (Å²) >= 11 is 0. The molecule has 0 amide bonds. The number of rotatable bonds is 11. The lowest BCUT2D eigenvalue weighted by Crippen LogP contribution is -2.44. The summed E-state index contributed by atoms with van der Waals surface area (Å²) in [4.78, 5) is 4.63. The molecule has 1 rings (SSSR count). The number of methoxy groups -OCH3 is 1. The third-order valence-electron chi connectivity index (χ3n) is 3.42. The van der Waals surface area contributed by atoms with Crippen molar-refractivity contribution in [3.63, 3.8) is 0 Å². The van der Waals surface area contributed by atoms with Crippen molar-refractivity contribution in [2.24, 2.45) is 4.99 Å². The lowest BCUT2D eigenvalue weighted by atomic mass is 10.1. The zero-order valence-electron chi connectivity index (χ0n) is 16.6. The van der Waals surface area contributed by atoms with Crippen LogP contribution in [-0.4, -0.2) is 52.0 Å². The first-order valence-electron chi connectivity index (χ1n) is 9.06. The second-order valence-corrected chi connectivity index (χ2v) is 5.66. The minimum absolute atomic E-state index is 0. The minimum atomic E-state index is 0. The monoisotopic (exact) mass is 479 g/mol. The third kappa shape index (κ3) is 9.47. The quantitative estimate of drug-likeness (QED) is 0.290. The fourth-order valence-corrected chi connectivity index (χ4v) is 2.39. The Labute approximate surface area is 175 Å². The molecule has 6 nitrogen and oxygen atoms in total. The van der Waals surface area contributed by atoms with E-state index in [2.05, 4.69) is 35.5 Å². The van der Waals surface area contributed by atoms with Crippen molar-refractivity contribution in [2.75, 3.05) is 40.0 Å². The van der Waals surface area contributed by atoms with Gasteiger partial charge in [0, 0.05) is 26.2 Å². The maximum atomic E-state index is 5.68. The molecule has 0 fully saturated rings. The van der Waals surface area contributed by atoms with Crippen LogP contribution >= 0.6 is 24.0 Å². The molecule has 1 aromatic rings. The number of halogens is 1. The van der Waals surface area contributed by atoms with Crippen LogP contribution in [0.15, 0.2) is 23.2 Å². The van der Waals surface area contributed by atoms with Crippen molar-refractivity contribution in [3.8, 4) is 11.5 Å². The zero-order chi connectivity index (χ0) is 18.5. The molecule has 0 saturated carbocycles. The van der Waals surface area contributed by atoms with E-state index in [1.807, 2.05) is 26.0 Å². The third-order valence-corrected chi connectivity index (χ3v) is 3.42. The minimum Gasteiger partial charge on any atom is -0.490 e. The molecule has 0 bridgehead atoms. The summed E-state index contributed by atoms with van der Waals surface area (Å²) in [6.45, 7) is 11.5. The van der Waals surface area contributed by atoms with E-state index >= 15 is 0 Å². The van der Waals surface area contributed by atoms with Gasteiger partial charge in [0.05, 0.1) is 19.8 Å². The van der Waals surface area contributed by atoms with Crippen molar-refractivity contribution >= 4 is 29.9 Å². The Bertz CT molecular complexity index is 527. The lowest BCUT2D eigenvalue weighted by molar-refractivity contribution is 0.179. The molecule has 0 saturated heterocycles. The largest absolute Gasteiger partial charge is 0.490 e. The first-order valence-corrected chi connectivity index (χ1v) is 9.06. The van der Waals surface area contributed by atoms with Crippen LogP contribution in [0.3, 0.4) is 0 Å².